The number of hydrogen-bond donors (Lipinski definition) is 2. The van der Waals surface area contributed by atoms with Crippen molar-refractivity contribution in [1.82, 2.24) is 10.6 Å². The molecule has 3 nitrogen and oxygen atoms in total. The van der Waals surface area contributed by atoms with Crippen LogP contribution in [0.4, 0.5) is 0 Å². The van der Waals surface area contributed by atoms with Crippen molar-refractivity contribution in [3.8, 4) is 0 Å². The fraction of sp³-hybridized carbons (Fsp3) is 0.611. The molecule has 1 aromatic carbocycles. The number of fused-ring (bicyclic) bond motifs is 1. The highest BCUT2D eigenvalue weighted by Crippen LogP contribution is 2.58. The lowest BCUT2D eigenvalue weighted by molar-refractivity contribution is -0.124. The zero-order valence-electron chi connectivity index (χ0n) is 12.9. The van der Waals surface area contributed by atoms with Gasteiger partial charge in [0, 0.05) is 12.0 Å². The molecule has 4 heteroatoms. The quantitative estimate of drug-likeness (QED) is 0.879. The van der Waals surface area contributed by atoms with Gasteiger partial charge in [-0.1, -0.05) is 24.3 Å². The van der Waals surface area contributed by atoms with Crippen molar-refractivity contribution in [1.29, 1.82) is 0 Å². The maximum absolute atomic E-state index is 12.5. The molecular formula is C18H25ClN2O. The first-order chi connectivity index (χ1) is 10.3. The van der Waals surface area contributed by atoms with Gasteiger partial charge in [0.25, 0.3) is 0 Å². The predicted octanol–water partition coefficient (Wildman–Crippen LogP) is 2.47. The summed E-state index contributed by atoms with van der Waals surface area (Å²) in [5.74, 6) is 0.609. The van der Waals surface area contributed by atoms with Crippen LogP contribution >= 0.6 is 12.4 Å². The van der Waals surface area contributed by atoms with E-state index in [-0.39, 0.29) is 18.3 Å². The van der Waals surface area contributed by atoms with Crippen molar-refractivity contribution in [2.45, 2.75) is 44.6 Å². The Bertz CT molecular complexity index is 554. The van der Waals surface area contributed by atoms with Gasteiger partial charge >= 0.3 is 0 Å². The van der Waals surface area contributed by atoms with E-state index < -0.39 is 0 Å². The van der Waals surface area contributed by atoms with Gasteiger partial charge in [0.15, 0.2) is 0 Å². The predicted molar refractivity (Wildman–Crippen MR) is 90.3 cm³/mol. The molecule has 1 aliphatic heterocycles. The van der Waals surface area contributed by atoms with Crippen molar-refractivity contribution in [2.75, 3.05) is 13.1 Å². The minimum Gasteiger partial charge on any atom is -0.353 e. The third-order valence-corrected chi connectivity index (χ3v) is 5.80. The molecule has 0 radical (unpaired) electrons. The first kappa shape index (κ1) is 15.8. The number of piperidine rings is 1. The second-order valence-electron chi connectivity index (χ2n) is 7.09. The average Bonchev–Trinajstić information content (AvgIpc) is 3.21. The van der Waals surface area contributed by atoms with Crippen molar-refractivity contribution < 1.29 is 4.79 Å². The van der Waals surface area contributed by atoms with E-state index >= 15 is 0 Å². The Morgan fingerprint density at radius 3 is 2.68 bits per heavy atom. The van der Waals surface area contributed by atoms with E-state index in [0.29, 0.717) is 17.4 Å². The number of benzene rings is 1. The van der Waals surface area contributed by atoms with Crippen LogP contribution in [-0.2, 0) is 17.6 Å². The first-order valence-corrected chi connectivity index (χ1v) is 8.35. The van der Waals surface area contributed by atoms with Crippen LogP contribution in [-0.4, -0.2) is 25.0 Å². The third kappa shape index (κ3) is 2.89. The molecule has 2 unspecified atom stereocenters. The molecule has 1 aromatic rings. The van der Waals surface area contributed by atoms with Gasteiger partial charge in [0.1, 0.15) is 0 Å². The van der Waals surface area contributed by atoms with Crippen LogP contribution in [0.15, 0.2) is 24.3 Å². The largest absolute Gasteiger partial charge is 0.353 e. The Hall–Kier alpha value is -1.06. The van der Waals surface area contributed by atoms with Gasteiger partial charge in [-0.3, -0.25) is 4.79 Å². The van der Waals surface area contributed by atoms with Crippen molar-refractivity contribution >= 4 is 18.3 Å². The van der Waals surface area contributed by atoms with E-state index in [2.05, 4.69) is 34.9 Å². The molecule has 1 amide bonds. The molecular weight excluding hydrogens is 296 g/mol. The molecule has 4 rings (SSSR count). The number of aryl methyl sites for hydroxylation is 1. The lowest BCUT2D eigenvalue weighted by Gasteiger charge is -2.27. The van der Waals surface area contributed by atoms with Crippen LogP contribution in [0.25, 0.3) is 0 Å². The summed E-state index contributed by atoms with van der Waals surface area (Å²) in [6.45, 7) is 2.17. The van der Waals surface area contributed by atoms with Gasteiger partial charge in [-0.15, -0.1) is 12.4 Å². The topological polar surface area (TPSA) is 41.1 Å². The number of halogens is 1. The van der Waals surface area contributed by atoms with Crippen molar-refractivity contribution in [3.63, 3.8) is 0 Å². The summed E-state index contributed by atoms with van der Waals surface area (Å²) < 4.78 is 0. The standard InChI is InChI=1S/C18H24N2O.ClH/c21-17(16-12-18(16)7-9-19-10-8-18)20-15-6-5-13-3-1-2-4-14(13)11-15;/h1-4,15-16,19H,5-12H2,(H,20,21);1H. The first-order valence-electron chi connectivity index (χ1n) is 8.35. The SMILES string of the molecule is Cl.O=C(NC1CCc2ccccc2C1)C1CC12CCNCC2. The number of amides is 1. The molecule has 1 spiro atoms. The maximum Gasteiger partial charge on any atom is 0.223 e. The molecule has 2 aliphatic carbocycles. The molecule has 3 aliphatic rings. The minimum atomic E-state index is 0. The summed E-state index contributed by atoms with van der Waals surface area (Å²) in [6, 6.07) is 8.99. The van der Waals surface area contributed by atoms with Crippen molar-refractivity contribution in [3.05, 3.63) is 35.4 Å². The highest BCUT2D eigenvalue weighted by Gasteiger charge is 2.57. The number of nitrogens with one attached hydrogen (secondary N) is 2. The molecule has 0 aromatic heterocycles. The number of hydrogen-bond acceptors (Lipinski definition) is 2. The number of rotatable bonds is 2. The third-order valence-electron chi connectivity index (χ3n) is 5.80. The smallest absolute Gasteiger partial charge is 0.223 e. The Morgan fingerprint density at radius 2 is 1.91 bits per heavy atom. The molecule has 2 atom stereocenters. The van der Waals surface area contributed by atoms with E-state index in [4.69, 9.17) is 0 Å². The fourth-order valence-electron chi connectivity index (χ4n) is 4.32. The molecule has 2 fully saturated rings. The van der Waals surface area contributed by atoms with Gasteiger partial charge in [-0.05, 0) is 68.2 Å². The van der Waals surface area contributed by atoms with Crippen LogP contribution < -0.4 is 10.6 Å². The zero-order valence-corrected chi connectivity index (χ0v) is 13.8. The van der Waals surface area contributed by atoms with Crippen LogP contribution in [0, 0.1) is 11.3 Å². The molecule has 0 bridgehead atoms. The summed E-state index contributed by atoms with van der Waals surface area (Å²) >= 11 is 0. The Balaban J connectivity index is 0.00000144. The average molecular weight is 321 g/mol. The van der Waals surface area contributed by atoms with E-state index in [1.54, 1.807) is 0 Å². The summed E-state index contributed by atoms with van der Waals surface area (Å²) in [7, 11) is 0. The maximum atomic E-state index is 12.5. The number of carbonyl (C=O) groups excluding carboxylic acids is 1. The van der Waals surface area contributed by atoms with E-state index in [1.165, 1.54) is 24.0 Å². The van der Waals surface area contributed by atoms with Gasteiger partial charge in [-0.25, -0.2) is 0 Å². The molecule has 2 N–H and O–H groups in total. The summed E-state index contributed by atoms with van der Waals surface area (Å²) in [4.78, 5) is 12.5. The summed E-state index contributed by atoms with van der Waals surface area (Å²) in [6.07, 6.45) is 6.66. The Labute approximate surface area is 138 Å². The summed E-state index contributed by atoms with van der Waals surface area (Å²) in [5, 5.41) is 6.73. The second-order valence-corrected chi connectivity index (χ2v) is 7.09. The highest BCUT2D eigenvalue weighted by atomic mass is 35.5. The fourth-order valence-corrected chi connectivity index (χ4v) is 4.32. The van der Waals surface area contributed by atoms with E-state index in [1.807, 2.05) is 0 Å². The van der Waals surface area contributed by atoms with Gasteiger partial charge < -0.3 is 10.6 Å². The Morgan fingerprint density at radius 1 is 1.18 bits per heavy atom. The monoisotopic (exact) mass is 320 g/mol. The van der Waals surface area contributed by atoms with Crippen LogP contribution in [0.2, 0.25) is 0 Å². The van der Waals surface area contributed by atoms with Crippen molar-refractivity contribution in [2.24, 2.45) is 11.3 Å². The number of carbonyl (C=O) groups is 1. The molecule has 1 saturated heterocycles. The van der Waals surface area contributed by atoms with E-state index in [9.17, 15) is 4.79 Å². The molecule has 22 heavy (non-hydrogen) atoms. The van der Waals surface area contributed by atoms with Crippen LogP contribution in [0.1, 0.15) is 36.8 Å². The minimum absolute atomic E-state index is 0. The lowest BCUT2D eigenvalue weighted by Crippen LogP contribution is -2.41. The molecule has 1 saturated carbocycles. The Kier molecular flexibility index (Phi) is 4.47. The normalized spacial score (nSPS) is 28.4. The van der Waals surface area contributed by atoms with Gasteiger partial charge in [0.05, 0.1) is 0 Å². The van der Waals surface area contributed by atoms with Gasteiger partial charge in [0.2, 0.25) is 5.91 Å². The van der Waals surface area contributed by atoms with E-state index in [0.717, 1.165) is 38.8 Å². The summed E-state index contributed by atoms with van der Waals surface area (Å²) in [5.41, 5.74) is 3.23. The lowest BCUT2D eigenvalue weighted by atomic mass is 9.88. The van der Waals surface area contributed by atoms with Crippen LogP contribution in [0.3, 0.4) is 0 Å². The van der Waals surface area contributed by atoms with Gasteiger partial charge in [-0.2, -0.15) is 0 Å². The molecule has 120 valence electrons. The highest BCUT2D eigenvalue weighted by molar-refractivity contribution is 5.85. The second kappa shape index (κ2) is 6.21. The van der Waals surface area contributed by atoms with Crippen LogP contribution in [0.5, 0.6) is 0 Å². The molecule has 1 heterocycles. The zero-order chi connectivity index (χ0) is 14.3.